The molecule has 0 bridgehead atoms. The van der Waals surface area contributed by atoms with Crippen molar-refractivity contribution in [3.05, 3.63) is 29.8 Å². The number of rotatable bonds is 5. The third-order valence-electron chi connectivity index (χ3n) is 4.27. The number of aryl methyl sites for hydroxylation is 1. The zero-order valence-corrected chi connectivity index (χ0v) is 13.7. The van der Waals surface area contributed by atoms with Gasteiger partial charge in [0.05, 0.1) is 4.90 Å². The molecule has 0 spiro atoms. The Kier molecular flexibility index (Phi) is 5.58. The van der Waals surface area contributed by atoms with Crippen molar-refractivity contribution in [3.63, 3.8) is 0 Å². The van der Waals surface area contributed by atoms with Crippen molar-refractivity contribution in [3.8, 4) is 0 Å². The van der Waals surface area contributed by atoms with Gasteiger partial charge < -0.3 is 5.32 Å². The summed E-state index contributed by atoms with van der Waals surface area (Å²) in [5, 5.41) is 8.14. The molecule has 1 aliphatic carbocycles. The number of nitrogens with one attached hydrogen (secondary N) is 1. The van der Waals surface area contributed by atoms with Crippen molar-refractivity contribution < 1.29 is 13.2 Å². The Morgan fingerprint density at radius 2 is 1.77 bits per heavy atom. The van der Waals surface area contributed by atoms with Gasteiger partial charge in [0.1, 0.15) is 0 Å². The Hall–Kier alpha value is -1.40. The van der Waals surface area contributed by atoms with Crippen LogP contribution >= 0.6 is 0 Å². The number of hydrogen-bond acceptors (Lipinski definition) is 3. The van der Waals surface area contributed by atoms with E-state index in [-0.39, 0.29) is 10.8 Å². The van der Waals surface area contributed by atoms with Gasteiger partial charge in [-0.15, -0.1) is 0 Å². The maximum absolute atomic E-state index is 12.0. The van der Waals surface area contributed by atoms with Crippen LogP contribution in [-0.4, -0.2) is 20.4 Å². The standard InChI is InChI=1S/C16H24N2O3S/c1-12-2-7-14(8-3-12)18-16(19)11-6-13-4-9-15(10-5-13)22(17,20)21/h4-5,9-10,12,14H,2-3,6-8,11H2,1H3,(H,18,19)(H2,17,20,21). The van der Waals surface area contributed by atoms with Gasteiger partial charge in [0.2, 0.25) is 15.9 Å². The van der Waals surface area contributed by atoms with Gasteiger partial charge in [-0.3, -0.25) is 4.79 Å². The fourth-order valence-electron chi connectivity index (χ4n) is 2.81. The van der Waals surface area contributed by atoms with Crippen LogP contribution < -0.4 is 10.5 Å². The first-order chi connectivity index (χ1) is 10.3. The first-order valence-electron chi connectivity index (χ1n) is 7.75. The minimum absolute atomic E-state index is 0.0649. The molecule has 1 aromatic carbocycles. The summed E-state index contributed by atoms with van der Waals surface area (Å²) >= 11 is 0. The number of sulfonamides is 1. The van der Waals surface area contributed by atoms with Crippen LogP contribution in [0.25, 0.3) is 0 Å². The highest BCUT2D eigenvalue weighted by Crippen LogP contribution is 2.23. The van der Waals surface area contributed by atoms with Gasteiger partial charge in [-0.1, -0.05) is 19.1 Å². The summed E-state index contributed by atoms with van der Waals surface area (Å²) in [6.07, 6.45) is 5.51. The van der Waals surface area contributed by atoms with E-state index < -0.39 is 10.0 Å². The molecule has 22 heavy (non-hydrogen) atoms. The number of primary sulfonamides is 1. The van der Waals surface area contributed by atoms with Crippen molar-refractivity contribution in [2.75, 3.05) is 0 Å². The lowest BCUT2D eigenvalue weighted by molar-refractivity contribution is -0.122. The van der Waals surface area contributed by atoms with Crippen molar-refractivity contribution in [2.24, 2.45) is 11.1 Å². The molecule has 0 atom stereocenters. The molecule has 122 valence electrons. The molecule has 1 fully saturated rings. The third-order valence-corrected chi connectivity index (χ3v) is 5.20. The number of carbonyl (C=O) groups excluding carboxylic acids is 1. The van der Waals surface area contributed by atoms with Crippen LogP contribution in [0.4, 0.5) is 0 Å². The van der Waals surface area contributed by atoms with Gasteiger partial charge in [0, 0.05) is 12.5 Å². The van der Waals surface area contributed by atoms with E-state index in [2.05, 4.69) is 12.2 Å². The first kappa shape index (κ1) is 17.0. The molecule has 2 rings (SSSR count). The third kappa shape index (κ3) is 5.10. The second kappa shape index (κ2) is 7.24. The predicted octanol–water partition coefficient (Wildman–Crippen LogP) is 1.96. The van der Waals surface area contributed by atoms with E-state index in [0.29, 0.717) is 18.9 Å². The molecule has 6 heteroatoms. The normalized spacial score (nSPS) is 22.3. The summed E-state index contributed by atoms with van der Waals surface area (Å²) in [4.78, 5) is 12.1. The summed E-state index contributed by atoms with van der Waals surface area (Å²) in [5.74, 6) is 0.834. The van der Waals surface area contributed by atoms with Crippen LogP contribution in [0.5, 0.6) is 0 Å². The Bertz CT molecular complexity index is 603. The maximum atomic E-state index is 12.0. The second-order valence-corrected chi connectivity index (χ2v) is 7.77. The molecule has 0 saturated heterocycles. The number of nitrogens with two attached hydrogens (primary N) is 1. The van der Waals surface area contributed by atoms with Crippen LogP contribution in [0.15, 0.2) is 29.2 Å². The average Bonchev–Trinajstić information content (AvgIpc) is 2.47. The summed E-state index contributed by atoms with van der Waals surface area (Å²) < 4.78 is 22.3. The highest BCUT2D eigenvalue weighted by atomic mass is 32.2. The Morgan fingerprint density at radius 1 is 1.18 bits per heavy atom. The Labute approximate surface area is 132 Å². The van der Waals surface area contributed by atoms with E-state index in [0.717, 1.165) is 24.3 Å². The van der Waals surface area contributed by atoms with Crippen molar-refractivity contribution in [1.29, 1.82) is 0 Å². The highest BCUT2D eigenvalue weighted by molar-refractivity contribution is 7.89. The Balaban J connectivity index is 1.79. The van der Waals surface area contributed by atoms with Crippen LogP contribution in [0.3, 0.4) is 0 Å². The second-order valence-electron chi connectivity index (χ2n) is 6.21. The number of benzene rings is 1. The van der Waals surface area contributed by atoms with Gasteiger partial charge in [0.15, 0.2) is 0 Å². The molecule has 0 aliphatic heterocycles. The van der Waals surface area contributed by atoms with E-state index in [1.807, 2.05) is 0 Å². The van der Waals surface area contributed by atoms with Crippen LogP contribution in [0, 0.1) is 5.92 Å². The topological polar surface area (TPSA) is 89.3 Å². The monoisotopic (exact) mass is 324 g/mol. The van der Waals surface area contributed by atoms with Gasteiger partial charge in [0.25, 0.3) is 0 Å². The van der Waals surface area contributed by atoms with Crippen LogP contribution in [0.2, 0.25) is 0 Å². The molecule has 0 radical (unpaired) electrons. The summed E-state index contributed by atoms with van der Waals surface area (Å²) in [7, 11) is -3.65. The molecule has 0 heterocycles. The summed E-state index contributed by atoms with van der Waals surface area (Å²) in [5.41, 5.74) is 0.930. The fourth-order valence-corrected chi connectivity index (χ4v) is 3.32. The van der Waals surface area contributed by atoms with E-state index in [9.17, 15) is 13.2 Å². The average molecular weight is 324 g/mol. The molecule has 5 nitrogen and oxygen atoms in total. The lowest BCUT2D eigenvalue weighted by Gasteiger charge is -2.26. The maximum Gasteiger partial charge on any atom is 0.238 e. The quantitative estimate of drug-likeness (QED) is 0.867. The molecule has 1 amide bonds. The number of carbonyl (C=O) groups is 1. The predicted molar refractivity (Wildman–Crippen MR) is 85.7 cm³/mol. The number of hydrogen-bond donors (Lipinski definition) is 2. The van der Waals surface area contributed by atoms with E-state index in [1.165, 1.54) is 25.0 Å². The SMILES string of the molecule is CC1CCC(NC(=O)CCc2ccc(S(N)(=O)=O)cc2)CC1. The largest absolute Gasteiger partial charge is 0.353 e. The fraction of sp³-hybridized carbons (Fsp3) is 0.562. The minimum Gasteiger partial charge on any atom is -0.353 e. The van der Waals surface area contributed by atoms with E-state index >= 15 is 0 Å². The van der Waals surface area contributed by atoms with E-state index in [1.54, 1.807) is 12.1 Å². The van der Waals surface area contributed by atoms with E-state index in [4.69, 9.17) is 5.14 Å². The van der Waals surface area contributed by atoms with Crippen molar-refractivity contribution >= 4 is 15.9 Å². The molecule has 0 aromatic heterocycles. The minimum atomic E-state index is -3.65. The molecule has 0 unspecified atom stereocenters. The smallest absolute Gasteiger partial charge is 0.238 e. The summed E-state index contributed by atoms with van der Waals surface area (Å²) in [6.45, 7) is 2.25. The zero-order chi connectivity index (χ0) is 16.2. The van der Waals surface area contributed by atoms with Gasteiger partial charge in [-0.25, -0.2) is 13.6 Å². The van der Waals surface area contributed by atoms with Crippen LogP contribution in [0.1, 0.15) is 44.6 Å². The molecule has 3 N–H and O–H groups in total. The molecule has 1 aliphatic rings. The summed E-state index contributed by atoms with van der Waals surface area (Å²) in [6, 6.07) is 6.68. The molecule has 1 saturated carbocycles. The molecular weight excluding hydrogens is 300 g/mol. The lowest BCUT2D eigenvalue weighted by atomic mass is 9.87. The zero-order valence-electron chi connectivity index (χ0n) is 12.9. The molecular formula is C16H24N2O3S. The van der Waals surface area contributed by atoms with Gasteiger partial charge in [-0.05, 0) is 55.7 Å². The van der Waals surface area contributed by atoms with Crippen molar-refractivity contribution in [1.82, 2.24) is 5.32 Å². The Morgan fingerprint density at radius 3 is 2.32 bits per heavy atom. The number of amides is 1. The first-order valence-corrected chi connectivity index (χ1v) is 9.30. The lowest BCUT2D eigenvalue weighted by Crippen LogP contribution is -2.37. The highest BCUT2D eigenvalue weighted by Gasteiger charge is 2.19. The van der Waals surface area contributed by atoms with Crippen molar-refractivity contribution in [2.45, 2.75) is 56.4 Å². The van der Waals surface area contributed by atoms with Crippen LogP contribution in [-0.2, 0) is 21.2 Å². The van der Waals surface area contributed by atoms with Gasteiger partial charge in [-0.2, -0.15) is 0 Å². The van der Waals surface area contributed by atoms with Gasteiger partial charge >= 0.3 is 0 Å². The molecule has 1 aromatic rings.